The molecule has 0 unspecified atom stereocenters. The summed E-state index contributed by atoms with van der Waals surface area (Å²) in [5, 5.41) is 17.2. The van der Waals surface area contributed by atoms with E-state index in [1.165, 1.54) is 0 Å². The first kappa shape index (κ1) is 9.98. The van der Waals surface area contributed by atoms with Crippen molar-refractivity contribution in [1.29, 1.82) is 0 Å². The smallest absolute Gasteiger partial charge is 0.323 e. The standard InChI is InChI=1S/C8H13NO4/c9-8(7(12)13)2-1-5(4-8)3-6(10)11/h5H,1-4,9H2,(H,10,11)(H,12,13)/t5-,8+/m0/s1. The predicted octanol–water partition coefficient (Wildman–Crippen LogP) is 0.0433. The summed E-state index contributed by atoms with van der Waals surface area (Å²) in [5.41, 5.74) is 4.38. The number of nitrogens with two attached hydrogens (primary N) is 1. The van der Waals surface area contributed by atoms with Crippen molar-refractivity contribution in [2.75, 3.05) is 0 Å². The van der Waals surface area contributed by atoms with Gasteiger partial charge in [0.15, 0.2) is 0 Å². The average Bonchev–Trinajstić information content (AvgIpc) is 2.32. The molecule has 0 radical (unpaired) electrons. The summed E-state index contributed by atoms with van der Waals surface area (Å²) in [6.07, 6.45) is 1.26. The van der Waals surface area contributed by atoms with Crippen molar-refractivity contribution in [1.82, 2.24) is 0 Å². The molecule has 1 aliphatic rings. The molecule has 0 aromatic heterocycles. The molecule has 0 aromatic carbocycles. The van der Waals surface area contributed by atoms with Gasteiger partial charge in [-0.2, -0.15) is 0 Å². The molecule has 0 aliphatic heterocycles. The van der Waals surface area contributed by atoms with E-state index in [0.29, 0.717) is 12.8 Å². The number of carboxylic acid groups (broad SMARTS) is 2. The second-order valence-corrected chi connectivity index (χ2v) is 3.67. The normalized spacial score (nSPS) is 33.2. The van der Waals surface area contributed by atoms with E-state index < -0.39 is 17.5 Å². The fourth-order valence-electron chi connectivity index (χ4n) is 1.80. The molecule has 2 atom stereocenters. The van der Waals surface area contributed by atoms with Gasteiger partial charge in [0, 0.05) is 6.42 Å². The van der Waals surface area contributed by atoms with E-state index in [1.54, 1.807) is 0 Å². The van der Waals surface area contributed by atoms with Crippen molar-refractivity contribution in [3.05, 3.63) is 0 Å². The Hall–Kier alpha value is -1.10. The van der Waals surface area contributed by atoms with Crippen LogP contribution in [0.5, 0.6) is 0 Å². The highest BCUT2D eigenvalue weighted by Crippen LogP contribution is 2.34. The maximum Gasteiger partial charge on any atom is 0.323 e. The largest absolute Gasteiger partial charge is 0.481 e. The summed E-state index contributed by atoms with van der Waals surface area (Å²) < 4.78 is 0. The lowest BCUT2D eigenvalue weighted by molar-refractivity contribution is -0.144. The predicted molar refractivity (Wildman–Crippen MR) is 44.1 cm³/mol. The van der Waals surface area contributed by atoms with Crippen LogP contribution in [0.25, 0.3) is 0 Å². The third kappa shape index (κ3) is 2.18. The molecule has 1 fully saturated rings. The second-order valence-electron chi connectivity index (χ2n) is 3.67. The molecule has 1 aliphatic carbocycles. The van der Waals surface area contributed by atoms with Crippen LogP contribution in [0, 0.1) is 5.92 Å². The van der Waals surface area contributed by atoms with Crippen molar-refractivity contribution >= 4 is 11.9 Å². The monoisotopic (exact) mass is 187 g/mol. The SMILES string of the molecule is N[C@]1(C(=O)O)CC[C@@H](CC(=O)O)C1. The third-order valence-electron chi connectivity index (χ3n) is 2.54. The summed E-state index contributed by atoms with van der Waals surface area (Å²) in [5.74, 6) is -2.00. The van der Waals surface area contributed by atoms with Crippen LogP contribution in [0.2, 0.25) is 0 Å². The van der Waals surface area contributed by atoms with Crippen LogP contribution in [0.1, 0.15) is 25.7 Å². The summed E-state index contributed by atoms with van der Waals surface area (Å²) in [6, 6.07) is 0. The van der Waals surface area contributed by atoms with E-state index in [2.05, 4.69) is 0 Å². The summed E-state index contributed by atoms with van der Waals surface area (Å²) in [4.78, 5) is 21.0. The number of hydrogen-bond donors (Lipinski definition) is 3. The average molecular weight is 187 g/mol. The van der Waals surface area contributed by atoms with E-state index in [1.807, 2.05) is 0 Å². The molecule has 74 valence electrons. The van der Waals surface area contributed by atoms with Gasteiger partial charge in [-0.3, -0.25) is 9.59 Å². The molecular weight excluding hydrogens is 174 g/mol. The van der Waals surface area contributed by atoms with Crippen LogP contribution in [0.15, 0.2) is 0 Å². The third-order valence-corrected chi connectivity index (χ3v) is 2.54. The van der Waals surface area contributed by atoms with Crippen molar-refractivity contribution < 1.29 is 19.8 Å². The molecule has 1 rings (SSSR count). The van der Waals surface area contributed by atoms with E-state index in [0.717, 1.165) is 0 Å². The van der Waals surface area contributed by atoms with Crippen LogP contribution in [-0.2, 0) is 9.59 Å². The maximum absolute atomic E-state index is 10.7. The fraction of sp³-hybridized carbons (Fsp3) is 0.750. The van der Waals surface area contributed by atoms with Gasteiger partial charge in [-0.25, -0.2) is 0 Å². The molecular formula is C8H13NO4. The summed E-state index contributed by atoms with van der Waals surface area (Å²) in [7, 11) is 0. The Morgan fingerprint density at radius 3 is 2.46 bits per heavy atom. The Kier molecular flexibility index (Phi) is 2.56. The van der Waals surface area contributed by atoms with E-state index in [9.17, 15) is 9.59 Å². The molecule has 0 amide bonds. The van der Waals surface area contributed by atoms with Gasteiger partial charge in [0.1, 0.15) is 5.54 Å². The first-order valence-corrected chi connectivity index (χ1v) is 4.18. The molecule has 1 saturated carbocycles. The van der Waals surface area contributed by atoms with Gasteiger partial charge in [-0.1, -0.05) is 0 Å². The number of carbonyl (C=O) groups is 2. The molecule has 0 bridgehead atoms. The molecule has 5 heteroatoms. The van der Waals surface area contributed by atoms with Crippen molar-refractivity contribution in [3.8, 4) is 0 Å². The zero-order chi connectivity index (χ0) is 10.1. The van der Waals surface area contributed by atoms with E-state index in [-0.39, 0.29) is 18.8 Å². The lowest BCUT2D eigenvalue weighted by Crippen LogP contribution is -2.45. The van der Waals surface area contributed by atoms with Crippen LogP contribution in [-0.4, -0.2) is 27.7 Å². The molecule has 0 saturated heterocycles. The summed E-state index contributed by atoms with van der Waals surface area (Å²) in [6.45, 7) is 0. The zero-order valence-electron chi connectivity index (χ0n) is 7.19. The molecule has 0 spiro atoms. The van der Waals surface area contributed by atoms with E-state index >= 15 is 0 Å². The van der Waals surface area contributed by atoms with Crippen molar-refractivity contribution in [2.45, 2.75) is 31.2 Å². The van der Waals surface area contributed by atoms with Crippen LogP contribution >= 0.6 is 0 Å². The van der Waals surface area contributed by atoms with Crippen molar-refractivity contribution in [2.24, 2.45) is 11.7 Å². The second kappa shape index (κ2) is 3.33. The lowest BCUT2D eigenvalue weighted by Gasteiger charge is -2.17. The van der Waals surface area contributed by atoms with Crippen LogP contribution in [0.4, 0.5) is 0 Å². The first-order chi connectivity index (χ1) is 5.94. The Morgan fingerprint density at radius 1 is 1.46 bits per heavy atom. The van der Waals surface area contributed by atoms with Gasteiger partial charge in [0.2, 0.25) is 0 Å². The minimum Gasteiger partial charge on any atom is -0.481 e. The quantitative estimate of drug-likeness (QED) is 0.579. The maximum atomic E-state index is 10.7. The van der Waals surface area contributed by atoms with Gasteiger partial charge in [0.05, 0.1) is 0 Å². The van der Waals surface area contributed by atoms with Gasteiger partial charge in [-0.05, 0) is 25.2 Å². The Morgan fingerprint density at radius 2 is 2.08 bits per heavy atom. The van der Waals surface area contributed by atoms with Crippen molar-refractivity contribution in [3.63, 3.8) is 0 Å². The highest BCUT2D eigenvalue weighted by molar-refractivity contribution is 5.79. The topological polar surface area (TPSA) is 101 Å². The first-order valence-electron chi connectivity index (χ1n) is 4.18. The molecule has 5 nitrogen and oxygen atoms in total. The van der Waals surface area contributed by atoms with E-state index in [4.69, 9.17) is 15.9 Å². The molecule has 4 N–H and O–H groups in total. The molecule has 0 aromatic rings. The van der Waals surface area contributed by atoms with Gasteiger partial charge in [-0.15, -0.1) is 0 Å². The van der Waals surface area contributed by atoms with Crippen LogP contribution < -0.4 is 5.73 Å². The van der Waals surface area contributed by atoms with Gasteiger partial charge < -0.3 is 15.9 Å². The summed E-state index contributed by atoms with van der Waals surface area (Å²) >= 11 is 0. The fourth-order valence-corrected chi connectivity index (χ4v) is 1.80. The number of carboxylic acids is 2. The lowest BCUT2D eigenvalue weighted by atomic mass is 9.96. The van der Waals surface area contributed by atoms with Gasteiger partial charge in [0.25, 0.3) is 0 Å². The number of aliphatic carboxylic acids is 2. The molecule has 0 heterocycles. The highest BCUT2D eigenvalue weighted by atomic mass is 16.4. The number of rotatable bonds is 3. The highest BCUT2D eigenvalue weighted by Gasteiger charge is 2.42. The molecule has 13 heavy (non-hydrogen) atoms. The zero-order valence-corrected chi connectivity index (χ0v) is 7.19. The Balaban J connectivity index is 2.53. The van der Waals surface area contributed by atoms with Gasteiger partial charge >= 0.3 is 11.9 Å². The minimum atomic E-state index is -1.19. The minimum absolute atomic E-state index is 0.0201. The van der Waals surface area contributed by atoms with Crippen LogP contribution in [0.3, 0.4) is 0 Å². The Bertz CT molecular complexity index is 240. The Labute approximate surface area is 75.5 Å². The number of hydrogen-bond acceptors (Lipinski definition) is 3.